The first-order valence-electron chi connectivity index (χ1n) is 6.35. The van der Waals surface area contributed by atoms with E-state index in [1.165, 1.54) is 6.07 Å². The van der Waals surface area contributed by atoms with E-state index in [9.17, 15) is 8.78 Å². The SMILES string of the molecule is CCc1nn(Cc2cccc(F)c2F)c(CC)c1N. The molecule has 0 saturated carbocycles. The number of nitrogens with zero attached hydrogens (tertiary/aromatic N) is 2. The predicted octanol–water partition coefficient (Wildman–Crippen LogP) is 2.92. The fraction of sp³-hybridized carbons (Fsp3) is 0.357. The van der Waals surface area contributed by atoms with Gasteiger partial charge in [-0.2, -0.15) is 5.10 Å². The zero-order valence-corrected chi connectivity index (χ0v) is 11.1. The Hall–Kier alpha value is -1.91. The van der Waals surface area contributed by atoms with Gasteiger partial charge in [0.15, 0.2) is 11.6 Å². The van der Waals surface area contributed by atoms with Gasteiger partial charge in [0.25, 0.3) is 0 Å². The molecular formula is C14H17F2N3. The number of aryl methyl sites for hydroxylation is 1. The second-order valence-electron chi connectivity index (χ2n) is 4.38. The predicted molar refractivity (Wildman–Crippen MR) is 70.9 cm³/mol. The number of hydrogen-bond donors (Lipinski definition) is 1. The summed E-state index contributed by atoms with van der Waals surface area (Å²) in [5, 5.41) is 4.37. The molecule has 0 atom stereocenters. The van der Waals surface area contributed by atoms with Crippen molar-refractivity contribution < 1.29 is 8.78 Å². The molecule has 0 aliphatic rings. The molecule has 0 radical (unpaired) electrons. The maximum atomic E-state index is 13.7. The van der Waals surface area contributed by atoms with E-state index in [2.05, 4.69) is 5.10 Å². The summed E-state index contributed by atoms with van der Waals surface area (Å²) >= 11 is 0. The molecular weight excluding hydrogens is 248 g/mol. The summed E-state index contributed by atoms with van der Waals surface area (Å²) in [5.74, 6) is -1.66. The molecule has 102 valence electrons. The average Bonchev–Trinajstić information content (AvgIpc) is 2.70. The number of rotatable bonds is 4. The molecule has 19 heavy (non-hydrogen) atoms. The first-order chi connectivity index (χ1) is 9.08. The van der Waals surface area contributed by atoms with Crippen molar-refractivity contribution in [3.63, 3.8) is 0 Å². The first kappa shape index (κ1) is 13.5. The van der Waals surface area contributed by atoms with Crippen molar-refractivity contribution in [2.75, 3.05) is 5.73 Å². The highest BCUT2D eigenvalue weighted by molar-refractivity contribution is 5.48. The third kappa shape index (κ3) is 2.45. The molecule has 2 N–H and O–H groups in total. The highest BCUT2D eigenvalue weighted by Gasteiger charge is 2.15. The van der Waals surface area contributed by atoms with Crippen LogP contribution in [0.25, 0.3) is 0 Å². The Morgan fingerprint density at radius 3 is 2.58 bits per heavy atom. The van der Waals surface area contributed by atoms with Gasteiger partial charge in [0, 0.05) is 5.56 Å². The van der Waals surface area contributed by atoms with Gasteiger partial charge in [-0.05, 0) is 18.9 Å². The van der Waals surface area contributed by atoms with Crippen LogP contribution in [0, 0.1) is 11.6 Å². The van der Waals surface area contributed by atoms with Crippen LogP contribution in [0.4, 0.5) is 14.5 Å². The summed E-state index contributed by atoms with van der Waals surface area (Å²) in [6.45, 7) is 4.12. The Bertz CT molecular complexity index is 591. The monoisotopic (exact) mass is 265 g/mol. The zero-order valence-electron chi connectivity index (χ0n) is 11.1. The normalized spacial score (nSPS) is 10.9. The van der Waals surface area contributed by atoms with Crippen LogP contribution in [0.15, 0.2) is 18.2 Å². The lowest BCUT2D eigenvalue weighted by molar-refractivity contribution is 0.490. The maximum Gasteiger partial charge on any atom is 0.163 e. The van der Waals surface area contributed by atoms with E-state index < -0.39 is 11.6 Å². The van der Waals surface area contributed by atoms with Crippen LogP contribution in [0.5, 0.6) is 0 Å². The van der Waals surface area contributed by atoms with Crippen LogP contribution in [-0.2, 0) is 19.4 Å². The summed E-state index contributed by atoms with van der Waals surface area (Å²) in [6, 6.07) is 4.16. The number of anilines is 1. The summed E-state index contributed by atoms with van der Waals surface area (Å²) in [7, 11) is 0. The number of hydrogen-bond acceptors (Lipinski definition) is 2. The second kappa shape index (κ2) is 5.38. The van der Waals surface area contributed by atoms with Crippen molar-refractivity contribution in [1.29, 1.82) is 0 Å². The molecule has 0 amide bonds. The van der Waals surface area contributed by atoms with E-state index >= 15 is 0 Å². The van der Waals surface area contributed by atoms with E-state index in [4.69, 9.17) is 5.73 Å². The lowest BCUT2D eigenvalue weighted by Gasteiger charge is -2.08. The maximum absolute atomic E-state index is 13.7. The summed E-state index contributed by atoms with van der Waals surface area (Å²) in [4.78, 5) is 0. The highest BCUT2D eigenvalue weighted by atomic mass is 19.2. The van der Waals surface area contributed by atoms with Gasteiger partial charge in [-0.15, -0.1) is 0 Å². The van der Waals surface area contributed by atoms with E-state index in [1.807, 2.05) is 13.8 Å². The van der Waals surface area contributed by atoms with Crippen molar-refractivity contribution in [3.8, 4) is 0 Å². The molecule has 1 aromatic carbocycles. The number of nitrogen functional groups attached to an aromatic ring is 1. The lowest BCUT2D eigenvalue weighted by atomic mass is 10.2. The summed E-state index contributed by atoms with van der Waals surface area (Å²) < 4.78 is 28.5. The third-order valence-electron chi connectivity index (χ3n) is 3.20. The van der Waals surface area contributed by atoms with Gasteiger partial charge >= 0.3 is 0 Å². The van der Waals surface area contributed by atoms with Crippen LogP contribution < -0.4 is 5.73 Å². The van der Waals surface area contributed by atoms with Crippen LogP contribution in [-0.4, -0.2) is 9.78 Å². The van der Waals surface area contributed by atoms with Crippen LogP contribution in [0.1, 0.15) is 30.8 Å². The minimum atomic E-state index is -0.841. The zero-order chi connectivity index (χ0) is 14.0. The Balaban J connectivity index is 2.40. The minimum Gasteiger partial charge on any atom is -0.396 e. The summed E-state index contributed by atoms with van der Waals surface area (Å²) in [5.41, 5.74) is 8.59. The molecule has 1 heterocycles. The van der Waals surface area contributed by atoms with E-state index in [0.29, 0.717) is 12.1 Å². The Labute approximate surface area is 111 Å². The van der Waals surface area contributed by atoms with Crippen molar-refractivity contribution >= 4 is 5.69 Å². The number of aromatic nitrogens is 2. The van der Waals surface area contributed by atoms with Crippen molar-refractivity contribution in [2.45, 2.75) is 33.2 Å². The quantitative estimate of drug-likeness (QED) is 0.923. The van der Waals surface area contributed by atoms with Crippen molar-refractivity contribution in [2.24, 2.45) is 0 Å². The molecule has 0 fully saturated rings. The highest BCUT2D eigenvalue weighted by Crippen LogP contribution is 2.21. The van der Waals surface area contributed by atoms with E-state index in [0.717, 1.165) is 23.9 Å². The summed E-state index contributed by atoms with van der Waals surface area (Å²) in [6.07, 6.45) is 1.42. The van der Waals surface area contributed by atoms with E-state index in [1.54, 1.807) is 10.7 Å². The van der Waals surface area contributed by atoms with Crippen molar-refractivity contribution in [3.05, 3.63) is 46.8 Å². The van der Waals surface area contributed by atoms with Crippen molar-refractivity contribution in [1.82, 2.24) is 9.78 Å². The molecule has 0 spiro atoms. The van der Waals surface area contributed by atoms with Crippen LogP contribution in [0.2, 0.25) is 0 Å². The Kier molecular flexibility index (Phi) is 3.83. The molecule has 2 rings (SSSR count). The fourth-order valence-corrected chi connectivity index (χ4v) is 2.16. The number of halogens is 2. The Morgan fingerprint density at radius 1 is 1.21 bits per heavy atom. The van der Waals surface area contributed by atoms with Gasteiger partial charge in [-0.25, -0.2) is 8.78 Å². The second-order valence-corrected chi connectivity index (χ2v) is 4.38. The van der Waals surface area contributed by atoms with Gasteiger partial charge in [0.1, 0.15) is 0 Å². The van der Waals surface area contributed by atoms with Gasteiger partial charge < -0.3 is 5.73 Å². The standard InChI is InChI=1S/C14H17F2N3/c1-3-11-14(17)12(4-2)19(18-11)8-9-6-5-7-10(15)13(9)16/h5-7H,3-4,8,17H2,1-2H3. The fourth-order valence-electron chi connectivity index (χ4n) is 2.16. The van der Waals surface area contributed by atoms with Crippen LogP contribution in [0.3, 0.4) is 0 Å². The molecule has 0 saturated heterocycles. The molecule has 0 unspecified atom stereocenters. The molecule has 0 bridgehead atoms. The average molecular weight is 265 g/mol. The third-order valence-corrected chi connectivity index (χ3v) is 3.20. The molecule has 3 nitrogen and oxygen atoms in total. The largest absolute Gasteiger partial charge is 0.396 e. The minimum absolute atomic E-state index is 0.191. The smallest absolute Gasteiger partial charge is 0.163 e. The van der Waals surface area contributed by atoms with Crippen LogP contribution >= 0.6 is 0 Å². The molecule has 0 aliphatic heterocycles. The number of benzene rings is 1. The topological polar surface area (TPSA) is 43.8 Å². The van der Waals surface area contributed by atoms with Gasteiger partial charge in [-0.1, -0.05) is 26.0 Å². The molecule has 1 aromatic heterocycles. The molecule has 2 aromatic rings. The van der Waals surface area contributed by atoms with Gasteiger partial charge in [0.2, 0.25) is 0 Å². The number of nitrogens with two attached hydrogens (primary N) is 1. The van der Waals surface area contributed by atoms with Gasteiger partial charge in [-0.3, -0.25) is 4.68 Å². The van der Waals surface area contributed by atoms with Gasteiger partial charge in [0.05, 0.1) is 23.6 Å². The molecule has 0 aliphatic carbocycles. The first-order valence-corrected chi connectivity index (χ1v) is 6.35. The molecule has 5 heteroatoms. The van der Waals surface area contributed by atoms with E-state index in [-0.39, 0.29) is 12.1 Å². The lowest BCUT2D eigenvalue weighted by Crippen LogP contribution is -2.08. The Morgan fingerprint density at radius 2 is 1.95 bits per heavy atom.